The third-order valence-electron chi connectivity index (χ3n) is 2.90. The van der Waals surface area contributed by atoms with E-state index in [0.29, 0.717) is 25.0 Å². The molecule has 0 bridgehead atoms. The van der Waals surface area contributed by atoms with E-state index in [2.05, 4.69) is 5.32 Å². The summed E-state index contributed by atoms with van der Waals surface area (Å²) in [5.74, 6) is -1.57. The van der Waals surface area contributed by atoms with Crippen LogP contribution in [0.3, 0.4) is 0 Å². The van der Waals surface area contributed by atoms with Crippen molar-refractivity contribution < 1.29 is 19.4 Å². The lowest BCUT2D eigenvalue weighted by Crippen LogP contribution is -2.45. The van der Waals surface area contributed by atoms with Gasteiger partial charge in [-0.1, -0.05) is 30.3 Å². The predicted octanol–water partition coefficient (Wildman–Crippen LogP) is 0.682. The second-order valence-corrected chi connectivity index (χ2v) is 4.42. The lowest BCUT2D eigenvalue weighted by atomic mass is 10.1. The summed E-state index contributed by atoms with van der Waals surface area (Å²) in [5.41, 5.74) is 6.46. The Balaban J connectivity index is 2.59. The Bertz CT molecular complexity index is 436. The molecule has 1 aromatic carbocycles. The van der Waals surface area contributed by atoms with Crippen LogP contribution < -0.4 is 11.1 Å². The molecule has 6 heteroatoms. The summed E-state index contributed by atoms with van der Waals surface area (Å²) in [7, 11) is 1.54. The van der Waals surface area contributed by atoms with Gasteiger partial charge in [0.2, 0.25) is 5.91 Å². The average molecular weight is 280 g/mol. The maximum atomic E-state index is 12.0. The van der Waals surface area contributed by atoms with Crippen molar-refractivity contribution in [1.29, 1.82) is 0 Å². The number of ether oxygens (including phenoxy) is 1. The van der Waals surface area contributed by atoms with Gasteiger partial charge in [0, 0.05) is 13.7 Å². The summed E-state index contributed by atoms with van der Waals surface area (Å²) in [4.78, 5) is 23.1. The first-order valence-corrected chi connectivity index (χ1v) is 6.39. The zero-order valence-corrected chi connectivity index (χ0v) is 11.4. The number of carbonyl (C=O) groups excluding carboxylic acids is 1. The minimum Gasteiger partial charge on any atom is -0.480 e. The Kier molecular flexibility index (Phi) is 6.69. The summed E-state index contributed by atoms with van der Waals surface area (Å²) in [5, 5.41) is 11.5. The maximum Gasteiger partial charge on any atom is 0.326 e. The minimum absolute atomic E-state index is 0.302. The molecule has 0 saturated heterocycles. The molecule has 0 aliphatic carbocycles. The van der Waals surface area contributed by atoms with Gasteiger partial charge in [-0.15, -0.1) is 0 Å². The highest BCUT2D eigenvalue weighted by Gasteiger charge is 2.23. The molecule has 0 radical (unpaired) electrons. The van der Waals surface area contributed by atoms with Gasteiger partial charge in [-0.05, 0) is 18.4 Å². The number of aliphatic carboxylic acids is 1. The van der Waals surface area contributed by atoms with Gasteiger partial charge in [-0.25, -0.2) is 4.79 Å². The molecular formula is C14H20N2O4. The lowest BCUT2D eigenvalue weighted by Gasteiger charge is -2.18. The summed E-state index contributed by atoms with van der Waals surface area (Å²) in [6.07, 6.45) is 0.852. The molecule has 6 nitrogen and oxygen atoms in total. The number of carboxylic acids is 1. The highest BCUT2D eigenvalue weighted by atomic mass is 16.5. The molecule has 0 aromatic heterocycles. The zero-order chi connectivity index (χ0) is 15.0. The molecule has 0 spiro atoms. The number of nitrogens with two attached hydrogens (primary N) is 1. The Labute approximate surface area is 117 Å². The quantitative estimate of drug-likeness (QED) is 0.608. The Morgan fingerprint density at radius 1 is 1.35 bits per heavy atom. The highest BCUT2D eigenvalue weighted by molar-refractivity contribution is 5.87. The van der Waals surface area contributed by atoms with E-state index < -0.39 is 24.0 Å². The zero-order valence-electron chi connectivity index (χ0n) is 11.4. The Hall–Kier alpha value is -1.92. The molecule has 0 saturated carbocycles. The van der Waals surface area contributed by atoms with Gasteiger partial charge in [0.05, 0.1) is 0 Å². The van der Waals surface area contributed by atoms with Gasteiger partial charge in [0.25, 0.3) is 0 Å². The van der Waals surface area contributed by atoms with Gasteiger partial charge >= 0.3 is 5.97 Å². The van der Waals surface area contributed by atoms with Crippen LogP contribution in [0.5, 0.6) is 0 Å². The highest BCUT2D eigenvalue weighted by Crippen LogP contribution is 2.10. The largest absolute Gasteiger partial charge is 0.480 e. The van der Waals surface area contributed by atoms with E-state index in [0.717, 1.165) is 0 Å². The van der Waals surface area contributed by atoms with Crippen molar-refractivity contribution in [1.82, 2.24) is 5.32 Å². The van der Waals surface area contributed by atoms with Crippen molar-refractivity contribution in [2.45, 2.75) is 24.9 Å². The fourth-order valence-electron chi connectivity index (χ4n) is 1.76. The molecule has 110 valence electrons. The van der Waals surface area contributed by atoms with Gasteiger partial charge in [0.1, 0.15) is 12.1 Å². The van der Waals surface area contributed by atoms with Crippen molar-refractivity contribution in [2.75, 3.05) is 13.7 Å². The summed E-state index contributed by atoms with van der Waals surface area (Å²) >= 11 is 0. The van der Waals surface area contributed by atoms with Crippen LogP contribution in [0.1, 0.15) is 24.4 Å². The molecule has 1 rings (SSSR count). The molecule has 0 aliphatic heterocycles. The van der Waals surface area contributed by atoms with E-state index >= 15 is 0 Å². The second kappa shape index (κ2) is 8.29. The van der Waals surface area contributed by atoms with E-state index in [9.17, 15) is 9.59 Å². The monoisotopic (exact) mass is 280 g/mol. The van der Waals surface area contributed by atoms with E-state index in [1.54, 1.807) is 31.4 Å². The van der Waals surface area contributed by atoms with Crippen molar-refractivity contribution in [3.63, 3.8) is 0 Å². The first kappa shape index (κ1) is 16.1. The fraction of sp³-hybridized carbons (Fsp3) is 0.429. The van der Waals surface area contributed by atoms with E-state index in [-0.39, 0.29) is 0 Å². The third-order valence-corrected chi connectivity index (χ3v) is 2.90. The third kappa shape index (κ3) is 4.99. The minimum atomic E-state index is -1.07. The Morgan fingerprint density at radius 2 is 2.00 bits per heavy atom. The van der Waals surface area contributed by atoms with Crippen molar-refractivity contribution in [3.05, 3.63) is 35.9 Å². The number of methoxy groups -OCH3 is 1. The average Bonchev–Trinajstić information content (AvgIpc) is 2.46. The van der Waals surface area contributed by atoms with Gasteiger partial charge in [0.15, 0.2) is 0 Å². The lowest BCUT2D eigenvalue weighted by molar-refractivity contribution is -0.142. The van der Waals surface area contributed by atoms with E-state index in [1.807, 2.05) is 6.07 Å². The standard InChI is InChI=1S/C14H20N2O4/c1-20-9-5-8-11(14(18)19)16-13(17)12(15)10-6-3-2-4-7-10/h2-4,6-7,11-12H,5,8-9,15H2,1H3,(H,16,17)(H,18,19)/t11?,12-/m1/s1. The van der Waals surface area contributed by atoms with Crippen LogP contribution in [0, 0.1) is 0 Å². The molecular weight excluding hydrogens is 260 g/mol. The van der Waals surface area contributed by atoms with Crippen molar-refractivity contribution in [3.8, 4) is 0 Å². The molecule has 4 N–H and O–H groups in total. The summed E-state index contributed by atoms with van der Waals surface area (Å²) < 4.78 is 4.86. The molecule has 1 amide bonds. The molecule has 0 aliphatic rings. The molecule has 0 heterocycles. The molecule has 2 atom stereocenters. The number of rotatable bonds is 8. The molecule has 1 aromatic rings. The SMILES string of the molecule is COCCCC(NC(=O)[C@H](N)c1ccccc1)C(=O)O. The van der Waals surface area contributed by atoms with Gasteiger partial charge in [-0.2, -0.15) is 0 Å². The number of nitrogens with one attached hydrogen (secondary N) is 1. The molecule has 1 unspecified atom stereocenters. The number of amides is 1. The van der Waals surface area contributed by atoms with Crippen LogP contribution in [0.15, 0.2) is 30.3 Å². The molecule has 0 fully saturated rings. The van der Waals surface area contributed by atoms with Crippen LogP contribution in [0.4, 0.5) is 0 Å². The smallest absolute Gasteiger partial charge is 0.326 e. The predicted molar refractivity (Wildman–Crippen MR) is 74.0 cm³/mol. The summed E-state index contributed by atoms with van der Waals surface area (Å²) in [6, 6.07) is 6.99. The number of hydrogen-bond acceptors (Lipinski definition) is 4. The number of benzene rings is 1. The number of carbonyl (C=O) groups is 2. The second-order valence-electron chi connectivity index (χ2n) is 4.42. The van der Waals surface area contributed by atoms with Crippen molar-refractivity contribution in [2.24, 2.45) is 5.73 Å². The first-order valence-electron chi connectivity index (χ1n) is 6.39. The van der Waals surface area contributed by atoms with Crippen molar-refractivity contribution >= 4 is 11.9 Å². The summed E-state index contributed by atoms with van der Waals surface area (Å²) in [6.45, 7) is 0.449. The van der Waals surface area contributed by atoms with Crippen LogP contribution in [0.2, 0.25) is 0 Å². The van der Waals surface area contributed by atoms with Crippen LogP contribution in [-0.2, 0) is 14.3 Å². The van der Waals surface area contributed by atoms with E-state index in [1.165, 1.54) is 0 Å². The molecule has 20 heavy (non-hydrogen) atoms. The first-order chi connectivity index (χ1) is 9.56. The fourth-order valence-corrected chi connectivity index (χ4v) is 1.76. The van der Waals surface area contributed by atoms with Crippen LogP contribution >= 0.6 is 0 Å². The topological polar surface area (TPSA) is 102 Å². The normalized spacial score (nSPS) is 13.5. The van der Waals surface area contributed by atoms with Gasteiger partial charge in [-0.3, -0.25) is 4.79 Å². The van der Waals surface area contributed by atoms with E-state index in [4.69, 9.17) is 15.6 Å². The maximum absolute atomic E-state index is 12.0. The van der Waals surface area contributed by atoms with Gasteiger partial charge < -0.3 is 20.9 Å². The number of hydrogen-bond donors (Lipinski definition) is 3. The van der Waals surface area contributed by atoms with Crippen LogP contribution in [-0.4, -0.2) is 36.7 Å². The van der Waals surface area contributed by atoms with Crippen LogP contribution in [0.25, 0.3) is 0 Å². The number of carboxylic acid groups (broad SMARTS) is 1. The Morgan fingerprint density at radius 3 is 2.55 bits per heavy atom.